The van der Waals surface area contributed by atoms with Gasteiger partial charge in [-0.3, -0.25) is 13.9 Å². The smallest absolute Gasteiger partial charge is 0.264 e. The van der Waals surface area contributed by atoms with E-state index in [0.717, 1.165) is 21.0 Å². The second-order valence-corrected chi connectivity index (χ2v) is 13.2. The number of amides is 2. The Hall–Kier alpha value is -3.07. The lowest BCUT2D eigenvalue weighted by Crippen LogP contribution is -2.52. The van der Waals surface area contributed by atoms with Crippen molar-refractivity contribution in [2.75, 3.05) is 17.4 Å². The highest BCUT2D eigenvalue weighted by molar-refractivity contribution is 7.92. The number of rotatable bonds is 12. The minimum Gasteiger partial charge on any atom is -0.354 e. The first kappa shape index (κ1) is 32.4. The minimum atomic E-state index is -4.17. The van der Waals surface area contributed by atoms with Crippen molar-refractivity contribution in [2.45, 2.75) is 58.5 Å². The quantitative estimate of drug-likeness (QED) is 0.255. The fourth-order valence-electron chi connectivity index (χ4n) is 4.27. The van der Waals surface area contributed by atoms with Gasteiger partial charge in [0.25, 0.3) is 10.0 Å². The molecule has 0 aliphatic rings. The lowest BCUT2D eigenvalue weighted by atomic mass is 10.1. The van der Waals surface area contributed by atoms with Crippen LogP contribution in [0.4, 0.5) is 5.69 Å². The van der Waals surface area contributed by atoms with E-state index in [0.29, 0.717) is 28.7 Å². The number of halogens is 2. The molecule has 0 fully saturated rings. The standard InChI is InChI=1S/C31H37Cl2N3O4S/c1-6-29(31(38)34-18-21(2)3)35(19-24-8-10-25(32)11-9-24)30(37)20-36(27-14-7-22(4)23(5)17-27)41(39,40)28-15-12-26(33)13-16-28/h7-17,21,29H,6,18-20H2,1-5H3,(H,34,38). The van der Waals surface area contributed by atoms with Crippen LogP contribution in [0.3, 0.4) is 0 Å². The van der Waals surface area contributed by atoms with Gasteiger partial charge in [0, 0.05) is 23.1 Å². The second kappa shape index (κ2) is 14.2. The summed E-state index contributed by atoms with van der Waals surface area (Å²) in [6, 6.07) is 17.2. The number of aryl methyl sites for hydroxylation is 2. The van der Waals surface area contributed by atoms with Crippen LogP contribution >= 0.6 is 23.2 Å². The molecule has 2 amide bonds. The summed E-state index contributed by atoms with van der Waals surface area (Å²) in [6.45, 7) is 9.66. The van der Waals surface area contributed by atoms with Crippen LogP contribution in [0.2, 0.25) is 10.0 Å². The molecule has 10 heteroatoms. The number of nitrogens with zero attached hydrogens (tertiary/aromatic N) is 2. The molecule has 3 aromatic carbocycles. The number of hydrogen-bond donors (Lipinski definition) is 1. The van der Waals surface area contributed by atoms with Gasteiger partial charge < -0.3 is 10.2 Å². The number of benzene rings is 3. The molecule has 0 aromatic heterocycles. The number of anilines is 1. The predicted molar refractivity (Wildman–Crippen MR) is 166 cm³/mol. The highest BCUT2D eigenvalue weighted by Gasteiger charge is 2.33. The molecule has 1 N–H and O–H groups in total. The van der Waals surface area contributed by atoms with Gasteiger partial charge in [0.2, 0.25) is 11.8 Å². The lowest BCUT2D eigenvalue weighted by molar-refractivity contribution is -0.140. The third-order valence-corrected chi connectivity index (χ3v) is 9.09. The summed E-state index contributed by atoms with van der Waals surface area (Å²) in [5.74, 6) is -0.578. The zero-order valence-electron chi connectivity index (χ0n) is 24.0. The van der Waals surface area contributed by atoms with E-state index in [1.807, 2.05) is 40.7 Å². The number of nitrogens with one attached hydrogen (secondary N) is 1. The van der Waals surface area contributed by atoms with Gasteiger partial charge in [0.05, 0.1) is 10.6 Å². The van der Waals surface area contributed by atoms with Crippen LogP contribution in [-0.2, 0) is 26.2 Å². The third kappa shape index (κ3) is 8.47. The topological polar surface area (TPSA) is 86.8 Å². The lowest BCUT2D eigenvalue weighted by Gasteiger charge is -2.33. The fraction of sp³-hybridized carbons (Fsp3) is 0.355. The zero-order chi connectivity index (χ0) is 30.3. The van der Waals surface area contributed by atoms with E-state index in [-0.39, 0.29) is 23.3 Å². The molecule has 0 saturated carbocycles. The monoisotopic (exact) mass is 617 g/mol. The van der Waals surface area contributed by atoms with Crippen molar-refractivity contribution in [3.8, 4) is 0 Å². The predicted octanol–water partition coefficient (Wildman–Crippen LogP) is 6.39. The van der Waals surface area contributed by atoms with E-state index in [1.165, 1.54) is 29.2 Å². The molecule has 3 rings (SSSR count). The molecule has 220 valence electrons. The highest BCUT2D eigenvalue weighted by atomic mass is 35.5. The highest BCUT2D eigenvalue weighted by Crippen LogP contribution is 2.27. The van der Waals surface area contributed by atoms with Gasteiger partial charge >= 0.3 is 0 Å². The Kier molecular flexibility index (Phi) is 11.2. The van der Waals surface area contributed by atoms with Crippen molar-refractivity contribution in [2.24, 2.45) is 5.92 Å². The Morgan fingerprint density at radius 3 is 2.00 bits per heavy atom. The Morgan fingerprint density at radius 2 is 1.46 bits per heavy atom. The number of hydrogen-bond acceptors (Lipinski definition) is 4. The van der Waals surface area contributed by atoms with Gasteiger partial charge in [-0.1, -0.05) is 62.2 Å². The zero-order valence-corrected chi connectivity index (χ0v) is 26.4. The van der Waals surface area contributed by atoms with Gasteiger partial charge in [0.15, 0.2) is 0 Å². The molecule has 7 nitrogen and oxygen atoms in total. The van der Waals surface area contributed by atoms with Crippen molar-refractivity contribution in [1.82, 2.24) is 10.2 Å². The molecule has 0 aliphatic heterocycles. The van der Waals surface area contributed by atoms with Crippen molar-refractivity contribution in [3.63, 3.8) is 0 Å². The largest absolute Gasteiger partial charge is 0.354 e. The normalized spacial score (nSPS) is 12.2. The van der Waals surface area contributed by atoms with Crippen molar-refractivity contribution >= 4 is 50.7 Å². The fourth-order valence-corrected chi connectivity index (χ4v) is 5.93. The Morgan fingerprint density at radius 1 is 0.878 bits per heavy atom. The first-order valence-corrected chi connectivity index (χ1v) is 15.7. The van der Waals surface area contributed by atoms with E-state index >= 15 is 0 Å². The SMILES string of the molecule is CCC(C(=O)NCC(C)C)N(Cc1ccc(Cl)cc1)C(=O)CN(c1ccc(C)c(C)c1)S(=O)(=O)c1ccc(Cl)cc1. The van der Waals surface area contributed by atoms with Crippen LogP contribution < -0.4 is 9.62 Å². The van der Waals surface area contributed by atoms with E-state index in [2.05, 4.69) is 5.32 Å². The van der Waals surface area contributed by atoms with E-state index in [1.54, 1.807) is 36.4 Å². The summed E-state index contributed by atoms with van der Waals surface area (Å²) >= 11 is 12.1. The summed E-state index contributed by atoms with van der Waals surface area (Å²) in [5, 5.41) is 3.86. The van der Waals surface area contributed by atoms with Gasteiger partial charge in [-0.15, -0.1) is 0 Å². The van der Waals surface area contributed by atoms with Crippen LogP contribution in [0.5, 0.6) is 0 Å². The van der Waals surface area contributed by atoms with E-state index in [9.17, 15) is 18.0 Å². The average molecular weight is 619 g/mol. The molecule has 0 bridgehead atoms. The first-order chi connectivity index (χ1) is 19.3. The molecule has 0 radical (unpaired) electrons. The summed E-state index contributed by atoms with van der Waals surface area (Å²) in [5.41, 5.74) is 2.97. The van der Waals surface area contributed by atoms with Crippen LogP contribution in [0.25, 0.3) is 0 Å². The van der Waals surface area contributed by atoms with Crippen LogP contribution in [0.1, 0.15) is 43.9 Å². The number of sulfonamides is 1. The molecular weight excluding hydrogens is 581 g/mol. The number of carbonyl (C=O) groups excluding carboxylic acids is 2. The minimum absolute atomic E-state index is 0.00102. The Balaban J connectivity index is 2.06. The summed E-state index contributed by atoms with van der Waals surface area (Å²) in [6.07, 6.45) is 0.344. The van der Waals surface area contributed by atoms with Gasteiger partial charge in [0.1, 0.15) is 12.6 Å². The van der Waals surface area contributed by atoms with E-state index < -0.39 is 28.5 Å². The summed E-state index contributed by atoms with van der Waals surface area (Å²) < 4.78 is 29.0. The van der Waals surface area contributed by atoms with E-state index in [4.69, 9.17) is 23.2 Å². The third-order valence-electron chi connectivity index (χ3n) is 6.80. The molecule has 1 unspecified atom stereocenters. The van der Waals surface area contributed by atoms with Crippen molar-refractivity contribution < 1.29 is 18.0 Å². The van der Waals surface area contributed by atoms with Crippen LogP contribution in [-0.4, -0.2) is 44.3 Å². The van der Waals surface area contributed by atoms with Gasteiger partial charge in [-0.2, -0.15) is 0 Å². The maximum Gasteiger partial charge on any atom is 0.264 e. The molecule has 3 aromatic rings. The van der Waals surface area contributed by atoms with Crippen LogP contribution in [0, 0.1) is 19.8 Å². The molecule has 0 spiro atoms. The van der Waals surface area contributed by atoms with Crippen LogP contribution in [0.15, 0.2) is 71.6 Å². The molecular formula is C31H37Cl2N3O4S. The Labute approximate surface area is 253 Å². The summed E-state index contributed by atoms with van der Waals surface area (Å²) in [7, 11) is -4.17. The number of carbonyl (C=O) groups is 2. The summed E-state index contributed by atoms with van der Waals surface area (Å²) in [4.78, 5) is 28.9. The molecule has 41 heavy (non-hydrogen) atoms. The molecule has 0 saturated heterocycles. The second-order valence-electron chi connectivity index (χ2n) is 10.4. The molecule has 0 heterocycles. The molecule has 1 atom stereocenters. The maximum atomic E-state index is 14.1. The van der Waals surface area contributed by atoms with Gasteiger partial charge in [-0.25, -0.2) is 8.42 Å². The van der Waals surface area contributed by atoms with Crippen molar-refractivity contribution in [3.05, 3.63) is 93.5 Å². The maximum absolute atomic E-state index is 14.1. The first-order valence-electron chi connectivity index (χ1n) is 13.5. The average Bonchev–Trinajstić information content (AvgIpc) is 2.93. The molecule has 0 aliphatic carbocycles. The Bertz CT molecular complexity index is 1460. The van der Waals surface area contributed by atoms with Gasteiger partial charge in [-0.05, 0) is 91.4 Å². The van der Waals surface area contributed by atoms with Crippen molar-refractivity contribution in [1.29, 1.82) is 0 Å².